The molecular formula is C25H29FN4O3. The summed E-state index contributed by atoms with van der Waals surface area (Å²) in [6, 6.07) is 11.5. The van der Waals surface area contributed by atoms with E-state index in [1.165, 1.54) is 12.1 Å². The van der Waals surface area contributed by atoms with E-state index in [0.717, 1.165) is 42.6 Å². The predicted octanol–water partition coefficient (Wildman–Crippen LogP) is 4.58. The van der Waals surface area contributed by atoms with Gasteiger partial charge in [0.1, 0.15) is 11.5 Å². The zero-order valence-corrected chi connectivity index (χ0v) is 19.2. The number of carbonyl (C=O) groups is 2. The number of carbonyl (C=O) groups excluding carboxylic acids is 2. The van der Waals surface area contributed by atoms with Gasteiger partial charge in [-0.15, -0.1) is 0 Å². The molecule has 0 radical (unpaired) electrons. The minimum absolute atomic E-state index is 0.179. The first kappa shape index (κ1) is 24.1. The fourth-order valence-corrected chi connectivity index (χ4v) is 3.53. The van der Waals surface area contributed by atoms with Crippen LogP contribution in [0.15, 0.2) is 42.5 Å². The number of ether oxygens (including phenoxy) is 1. The van der Waals surface area contributed by atoms with Crippen molar-refractivity contribution in [1.29, 1.82) is 0 Å². The Morgan fingerprint density at radius 1 is 1.12 bits per heavy atom. The Morgan fingerprint density at radius 3 is 2.67 bits per heavy atom. The summed E-state index contributed by atoms with van der Waals surface area (Å²) in [6.45, 7) is 4.33. The second-order valence-corrected chi connectivity index (χ2v) is 7.88. The van der Waals surface area contributed by atoms with Crippen molar-refractivity contribution in [2.75, 3.05) is 20.2 Å². The number of hydrogen-bond donors (Lipinski definition) is 1. The van der Waals surface area contributed by atoms with Crippen LogP contribution in [0.2, 0.25) is 0 Å². The van der Waals surface area contributed by atoms with Gasteiger partial charge < -0.3 is 9.64 Å². The third-order valence-corrected chi connectivity index (χ3v) is 5.34. The van der Waals surface area contributed by atoms with Gasteiger partial charge in [-0.1, -0.05) is 18.6 Å². The van der Waals surface area contributed by atoms with Crippen LogP contribution in [-0.4, -0.2) is 52.2 Å². The maximum Gasteiger partial charge on any atom is 0.339 e. The molecular weight excluding hydrogens is 423 g/mol. The molecule has 2 aromatic heterocycles. The van der Waals surface area contributed by atoms with Crippen LogP contribution in [-0.2, 0) is 11.2 Å². The third kappa shape index (κ3) is 6.47. The lowest BCUT2D eigenvalue weighted by Crippen LogP contribution is -2.29. The molecule has 0 unspecified atom stereocenters. The smallest absolute Gasteiger partial charge is 0.339 e. The average Bonchev–Trinajstić information content (AvgIpc) is 3.27. The maximum atomic E-state index is 13.4. The first-order valence-electron chi connectivity index (χ1n) is 11.1. The highest BCUT2D eigenvalue weighted by atomic mass is 19.1. The van der Waals surface area contributed by atoms with Crippen LogP contribution in [0.5, 0.6) is 0 Å². The normalized spacial score (nSPS) is 10.8. The number of halogens is 1. The summed E-state index contributed by atoms with van der Waals surface area (Å²) in [5.41, 5.74) is 3.63. The van der Waals surface area contributed by atoms with E-state index in [0.29, 0.717) is 23.5 Å². The van der Waals surface area contributed by atoms with E-state index < -0.39 is 5.97 Å². The lowest BCUT2D eigenvalue weighted by molar-refractivity contribution is 0.0524. The molecule has 1 amide bonds. The molecule has 8 heteroatoms. The van der Waals surface area contributed by atoms with Crippen molar-refractivity contribution in [3.05, 3.63) is 70.9 Å². The van der Waals surface area contributed by atoms with E-state index in [2.05, 4.69) is 15.2 Å². The molecule has 1 N–H and O–H groups in total. The van der Waals surface area contributed by atoms with Crippen LogP contribution in [0.4, 0.5) is 4.39 Å². The molecule has 7 nitrogen and oxygen atoms in total. The number of unbranched alkanes of at least 4 members (excludes halogenated alkanes) is 2. The SMILES string of the molecule is CCOC(=O)c1ccc(C(=O)N(C)CCCCCc2cc(-c3cccc(F)c3)n[nH]2)nc1C. The van der Waals surface area contributed by atoms with Crippen molar-refractivity contribution in [2.24, 2.45) is 0 Å². The summed E-state index contributed by atoms with van der Waals surface area (Å²) in [7, 11) is 1.75. The Kier molecular flexibility index (Phi) is 8.29. The Balaban J connectivity index is 1.43. The van der Waals surface area contributed by atoms with Crippen LogP contribution in [0, 0.1) is 12.7 Å². The fourth-order valence-electron chi connectivity index (χ4n) is 3.53. The topological polar surface area (TPSA) is 88.2 Å². The van der Waals surface area contributed by atoms with E-state index in [9.17, 15) is 14.0 Å². The van der Waals surface area contributed by atoms with Crippen molar-refractivity contribution in [3.63, 3.8) is 0 Å². The van der Waals surface area contributed by atoms with Gasteiger partial charge in [0.25, 0.3) is 5.91 Å². The molecule has 0 fully saturated rings. The number of nitrogens with zero attached hydrogens (tertiary/aromatic N) is 3. The Bertz CT molecular complexity index is 1110. The van der Waals surface area contributed by atoms with Crippen LogP contribution < -0.4 is 0 Å². The highest BCUT2D eigenvalue weighted by molar-refractivity contribution is 5.94. The minimum Gasteiger partial charge on any atom is -0.462 e. The molecule has 0 aliphatic rings. The Labute approximate surface area is 193 Å². The number of benzene rings is 1. The molecule has 0 spiro atoms. The number of aromatic amines is 1. The van der Waals surface area contributed by atoms with E-state index in [4.69, 9.17) is 4.74 Å². The number of amides is 1. The fraction of sp³-hybridized carbons (Fsp3) is 0.360. The van der Waals surface area contributed by atoms with Gasteiger partial charge in [-0.2, -0.15) is 5.10 Å². The quantitative estimate of drug-likeness (QED) is 0.359. The van der Waals surface area contributed by atoms with Gasteiger partial charge in [0.2, 0.25) is 0 Å². The van der Waals surface area contributed by atoms with Crippen molar-refractivity contribution >= 4 is 11.9 Å². The number of H-pyrrole nitrogens is 1. The van der Waals surface area contributed by atoms with Crippen molar-refractivity contribution in [1.82, 2.24) is 20.1 Å². The number of aryl methyl sites for hydroxylation is 2. The van der Waals surface area contributed by atoms with Crippen molar-refractivity contribution in [2.45, 2.75) is 39.5 Å². The van der Waals surface area contributed by atoms with Crippen LogP contribution in [0.25, 0.3) is 11.3 Å². The van der Waals surface area contributed by atoms with Crippen LogP contribution >= 0.6 is 0 Å². The molecule has 174 valence electrons. The Morgan fingerprint density at radius 2 is 1.94 bits per heavy atom. The van der Waals surface area contributed by atoms with E-state index in [1.807, 2.05) is 12.1 Å². The summed E-state index contributed by atoms with van der Waals surface area (Å²) in [6.07, 6.45) is 3.57. The molecule has 0 bridgehead atoms. The number of hydrogen-bond acceptors (Lipinski definition) is 5. The highest BCUT2D eigenvalue weighted by Crippen LogP contribution is 2.19. The molecule has 0 saturated heterocycles. The summed E-state index contributed by atoms with van der Waals surface area (Å²) in [5, 5.41) is 7.28. The summed E-state index contributed by atoms with van der Waals surface area (Å²) in [5.74, 6) is -0.895. The first-order chi connectivity index (χ1) is 15.9. The monoisotopic (exact) mass is 452 g/mol. The van der Waals surface area contributed by atoms with Crippen LogP contribution in [0.1, 0.15) is 58.4 Å². The van der Waals surface area contributed by atoms with Gasteiger partial charge in [-0.25, -0.2) is 14.2 Å². The summed E-state index contributed by atoms with van der Waals surface area (Å²) in [4.78, 5) is 30.5. The van der Waals surface area contributed by atoms with Gasteiger partial charge in [-0.3, -0.25) is 9.89 Å². The molecule has 3 rings (SSSR count). The molecule has 3 aromatic rings. The molecule has 33 heavy (non-hydrogen) atoms. The number of rotatable bonds is 10. The molecule has 0 atom stereocenters. The summed E-state index contributed by atoms with van der Waals surface area (Å²) >= 11 is 0. The van der Waals surface area contributed by atoms with Gasteiger partial charge in [0.15, 0.2) is 0 Å². The molecule has 1 aromatic carbocycles. The summed E-state index contributed by atoms with van der Waals surface area (Å²) < 4.78 is 18.4. The van der Waals surface area contributed by atoms with Gasteiger partial charge in [0, 0.05) is 24.8 Å². The van der Waals surface area contributed by atoms with Gasteiger partial charge in [-0.05, 0) is 63.4 Å². The number of esters is 1. The molecule has 2 heterocycles. The van der Waals surface area contributed by atoms with Crippen molar-refractivity contribution in [3.8, 4) is 11.3 Å². The first-order valence-corrected chi connectivity index (χ1v) is 11.1. The zero-order chi connectivity index (χ0) is 23.8. The third-order valence-electron chi connectivity index (χ3n) is 5.34. The number of pyridine rings is 1. The predicted molar refractivity (Wildman–Crippen MR) is 123 cm³/mol. The minimum atomic E-state index is -0.435. The lowest BCUT2D eigenvalue weighted by atomic mass is 10.1. The number of aromatic nitrogens is 3. The molecule has 0 saturated carbocycles. The molecule has 0 aliphatic carbocycles. The standard InChI is InChI=1S/C25H29FN4O3/c1-4-33-25(32)21-12-13-22(27-17(21)2)24(31)30(3)14-7-5-6-11-20-16-23(29-28-20)18-9-8-10-19(26)15-18/h8-10,12-13,15-16H,4-7,11,14H2,1-3H3,(H,28,29). The zero-order valence-electron chi connectivity index (χ0n) is 19.2. The van der Waals surface area contributed by atoms with Gasteiger partial charge >= 0.3 is 5.97 Å². The van der Waals surface area contributed by atoms with E-state index in [-0.39, 0.29) is 18.3 Å². The molecule has 0 aliphatic heterocycles. The lowest BCUT2D eigenvalue weighted by Gasteiger charge is -2.17. The second-order valence-electron chi connectivity index (χ2n) is 7.88. The second kappa shape index (κ2) is 11.4. The average molecular weight is 453 g/mol. The Hall–Kier alpha value is -3.55. The van der Waals surface area contributed by atoms with E-state index in [1.54, 1.807) is 44.0 Å². The highest BCUT2D eigenvalue weighted by Gasteiger charge is 2.17. The number of nitrogens with one attached hydrogen (secondary N) is 1. The van der Waals surface area contributed by atoms with Crippen LogP contribution in [0.3, 0.4) is 0 Å². The van der Waals surface area contributed by atoms with Crippen molar-refractivity contribution < 1.29 is 18.7 Å². The van der Waals surface area contributed by atoms with Gasteiger partial charge in [0.05, 0.1) is 23.6 Å². The largest absolute Gasteiger partial charge is 0.462 e. The maximum absolute atomic E-state index is 13.4. The van der Waals surface area contributed by atoms with E-state index >= 15 is 0 Å².